The second kappa shape index (κ2) is 3.68. The van der Waals surface area contributed by atoms with E-state index in [-0.39, 0.29) is 6.42 Å². The molecule has 0 saturated carbocycles. The van der Waals surface area contributed by atoms with Crippen molar-refractivity contribution < 1.29 is 19.8 Å². The summed E-state index contributed by atoms with van der Waals surface area (Å²) in [4.78, 5) is 22.6. The molecule has 1 rings (SSSR count). The second-order valence-electron chi connectivity index (χ2n) is 4.26. The molecular formula is C11H16O4. The van der Waals surface area contributed by atoms with Crippen molar-refractivity contribution in [3.8, 4) is 0 Å². The molecule has 1 aliphatic rings. The fourth-order valence-corrected chi connectivity index (χ4v) is 2.33. The maximum atomic E-state index is 11.3. The van der Waals surface area contributed by atoms with Crippen LogP contribution < -0.4 is 0 Å². The van der Waals surface area contributed by atoms with Gasteiger partial charge in [0.05, 0.1) is 10.8 Å². The van der Waals surface area contributed by atoms with Crippen molar-refractivity contribution in [3.05, 3.63) is 12.2 Å². The van der Waals surface area contributed by atoms with Gasteiger partial charge in [-0.1, -0.05) is 19.1 Å². The Balaban J connectivity index is 3.28. The number of carboxylic acid groups (broad SMARTS) is 2. The van der Waals surface area contributed by atoms with Gasteiger partial charge in [0.15, 0.2) is 0 Å². The van der Waals surface area contributed by atoms with Gasteiger partial charge in [-0.05, 0) is 26.2 Å². The summed E-state index contributed by atoms with van der Waals surface area (Å²) in [5.74, 6) is -2.05. The predicted octanol–water partition coefficient (Wildman–Crippen LogP) is 1.91. The molecule has 0 aromatic heterocycles. The number of hydrogen-bond donors (Lipinski definition) is 2. The van der Waals surface area contributed by atoms with Gasteiger partial charge in [0.25, 0.3) is 0 Å². The first-order valence-electron chi connectivity index (χ1n) is 5.02. The molecule has 0 aliphatic heterocycles. The molecule has 0 saturated heterocycles. The van der Waals surface area contributed by atoms with Crippen LogP contribution in [0, 0.1) is 10.8 Å². The second-order valence-corrected chi connectivity index (χ2v) is 4.26. The Morgan fingerprint density at radius 2 is 1.73 bits per heavy atom. The molecule has 2 N–H and O–H groups in total. The SMILES string of the molecule is CC[C@@]1(C(=O)O)CC=CC[C@]1(C)C(=O)O. The quantitative estimate of drug-likeness (QED) is 0.701. The van der Waals surface area contributed by atoms with Crippen molar-refractivity contribution in [1.29, 1.82) is 0 Å². The van der Waals surface area contributed by atoms with Crippen LogP contribution in [0.25, 0.3) is 0 Å². The van der Waals surface area contributed by atoms with Gasteiger partial charge in [0, 0.05) is 0 Å². The minimum absolute atomic E-state index is 0.280. The van der Waals surface area contributed by atoms with E-state index in [1.165, 1.54) is 6.92 Å². The fourth-order valence-electron chi connectivity index (χ4n) is 2.33. The first-order chi connectivity index (χ1) is 6.90. The Bertz CT molecular complexity index is 321. The molecule has 0 amide bonds. The Hall–Kier alpha value is -1.32. The molecule has 84 valence electrons. The fraction of sp³-hybridized carbons (Fsp3) is 0.636. The summed E-state index contributed by atoms with van der Waals surface area (Å²) in [5.41, 5.74) is -2.38. The number of rotatable bonds is 3. The van der Waals surface area contributed by atoms with E-state index in [2.05, 4.69) is 0 Å². The van der Waals surface area contributed by atoms with E-state index in [1.807, 2.05) is 0 Å². The lowest BCUT2D eigenvalue weighted by molar-refractivity contribution is -0.173. The standard InChI is InChI=1S/C11H16O4/c1-3-11(9(14)15)7-5-4-6-10(11,2)8(12)13/h4-5H,3,6-7H2,1-2H3,(H,12,13)(H,14,15)/t10-,11+/m1/s1. The van der Waals surface area contributed by atoms with Gasteiger partial charge in [0.1, 0.15) is 0 Å². The van der Waals surface area contributed by atoms with E-state index in [0.29, 0.717) is 12.8 Å². The first kappa shape index (κ1) is 11.8. The molecule has 2 atom stereocenters. The van der Waals surface area contributed by atoms with Gasteiger partial charge in [0.2, 0.25) is 0 Å². The lowest BCUT2D eigenvalue weighted by atomic mass is 9.57. The van der Waals surface area contributed by atoms with Crippen molar-refractivity contribution in [2.45, 2.75) is 33.1 Å². The lowest BCUT2D eigenvalue weighted by Gasteiger charge is -2.43. The van der Waals surface area contributed by atoms with E-state index >= 15 is 0 Å². The van der Waals surface area contributed by atoms with Gasteiger partial charge >= 0.3 is 11.9 Å². The summed E-state index contributed by atoms with van der Waals surface area (Å²) in [7, 11) is 0. The van der Waals surface area contributed by atoms with Crippen LogP contribution >= 0.6 is 0 Å². The highest BCUT2D eigenvalue weighted by Gasteiger charge is 2.57. The van der Waals surface area contributed by atoms with Crippen LogP contribution in [0.2, 0.25) is 0 Å². The van der Waals surface area contributed by atoms with Crippen LogP contribution in [-0.2, 0) is 9.59 Å². The van der Waals surface area contributed by atoms with Crippen LogP contribution in [0.1, 0.15) is 33.1 Å². The van der Waals surface area contributed by atoms with Crippen LogP contribution in [0.3, 0.4) is 0 Å². The van der Waals surface area contributed by atoms with Crippen LogP contribution in [0.15, 0.2) is 12.2 Å². The summed E-state index contributed by atoms with van der Waals surface area (Å²) in [6.45, 7) is 3.25. The molecule has 0 spiro atoms. The zero-order valence-corrected chi connectivity index (χ0v) is 8.99. The molecule has 1 aliphatic carbocycles. The average molecular weight is 212 g/mol. The number of carboxylic acids is 2. The molecule has 15 heavy (non-hydrogen) atoms. The molecule has 0 heterocycles. The van der Waals surface area contributed by atoms with Crippen molar-refractivity contribution >= 4 is 11.9 Å². The van der Waals surface area contributed by atoms with Gasteiger partial charge in [-0.15, -0.1) is 0 Å². The van der Waals surface area contributed by atoms with E-state index in [9.17, 15) is 19.8 Å². The maximum absolute atomic E-state index is 11.3. The first-order valence-corrected chi connectivity index (χ1v) is 5.02. The van der Waals surface area contributed by atoms with E-state index in [4.69, 9.17) is 0 Å². The summed E-state index contributed by atoms with van der Waals surface area (Å²) in [6, 6.07) is 0. The van der Waals surface area contributed by atoms with Crippen molar-refractivity contribution in [3.63, 3.8) is 0 Å². The number of hydrogen-bond acceptors (Lipinski definition) is 2. The van der Waals surface area contributed by atoms with Crippen molar-refractivity contribution in [1.82, 2.24) is 0 Å². The van der Waals surface area contributed by atoms with Gasteiger partial charge in [-0.25, -0.2) is 0 Å². The minimum atomic E-state index is -1.21. The highest BCUT2D eigenvalue weighted by atomic mass is 16.4. The van der Waals surface area contributed by atoms with Gasteiger partial charge in [-0.2, -0.15) is 0 Å². The minimum Gasteiger partial charge on any atom is -0.481 e. The summed E-state index contributed by atoms with van der Waals surface area (Å²) in [5, 5.41) is 18.5. The smallest absolute Gasteiger partial charge is 0.311 e. The Labute approximate surface area is 88.6 Å². The summed E-state index contributed by atoms with van der Waals surface area (Å²) < 4.78 is 0. The molecule has 4 nitrogen and oxygen atoms in total. The van der Waals surface area contributed by atoms with E-state index in [0.717, 1.165) is 0 Å². The monoisotopic (exact) mass is 212 g/mol. The highest BCUT2D eigenvalue weighted by Crippen LogP contribution is 2.50. The van der Waals surface area contributed by atoms with Crippen molar-refractivity contribution in [2.75, 3.05) is 0 Å². The molecular weight excluding hydrogens is 196 g/mol. The zero-order chi connectivity index (χ0) is 11.7. The summed E-state index contributed by atoms with van der Waals surface area (Å²) in [6.07, 6.45) is 4.42. The lowest BCUT2D eigenvalue weighted by Crippen LogP contribution is -2.51. The number of aliphatic carboxylic acids is 2. The molecule has 0 fully saturated rings. The average Bonchev–Trinajstić information content (AvgIpc) is 2.18. The van der Waals surface area contributed by atoms with E-state index in [1.54, 1.807) is 19.1 Å². The molecule has 0 aromatic rings. The van der Waals surface area contributed by atoms with Gasteiger partial charge in [-0.3, -0.25) is 9.59 Å². The Morgan fingerprint density at radius 1 is 1.20 bits per heavy atom. The molecule has 0 unspecified atom stereocenters. The molecule has 0 bridgehead atoms. The number of carbonyl (C=O) groups is 2. The maximum Gasteiger partial charge on any atom is 0.311 e. The predicted molar refractivity (Wildman–Crippen MR) is 54.5 cm³/mol. The topological polar surface area (TPSA) is 74.6 Å². The van der Waals surface area contributed by atoms with Crippen molar-refractivity contribution in [2.24, 2.45) is 10.8 Å². The Kier molecular flexibility index (Phi) is 2.88. The summed E-state index contributed by atoms with van der Waals surface area (Å²) >= 11 is 0. The highest BCUT2D eigenvalue weighted by molar-refractivity contribution is 5.87. The third kappa shape index (κ3) is 1.44. The molecule has 0 aromatic carbocycles. The zero-order valence-electron chi connectivity index (χ0n) is 8.99. The molecule has 0 radical (unpaired) electrons. The third-order valence-corrected chi connectivity index (χ3v) is 3.70. The number of allylic oxidation sites excluding steroid dienone is 2. The van der Waals surface area contributed by atoms with E-state index < -0.39 is 22.8 Å². The van der Waals surface area contributed by atoms with Crippen LogP contribution in [-0.4, -0.2) is 22.2 Å². The normalized spacial score (nSPS) is 35.1. The molecule has 4 heteroatoms. The third-order valence-electron chi connectivity index (χ3n) is 3.70. The van der Waals surface area contributed by atoms with Crippen LogP contribution in [0.4, 0.5) is 0 Å². The van der Waals surface area contributed by atoms with Crippen LogP contribution in [0.5, 0.6) is 0 Å². The Morgan fingerprint density at radius 3 is 2.07 bits per heavy atom. The largest absolute Gasteiger partial charge is 0.481 e. The van der Waals surface area contributed by atoms with Gasteiger partial charge < -0.3 is 10.2 Å².